The zero-order valence-electron chi connectivity index (χ0n) is 6.97. The minimum absolute atomic E-state index is 0.0718. The highest BCUT2D eigenvalue weighted by Gasteiger charge is 2.43. The Bertz CT molecular complexity index is 367. The lowest BCUT2D eigenvalue weighted by Gasteiger charge is -2.03. The van der Waals surface area contributed by atoms with Gasteiger partial charge in [0.15, 0.2) is 0 Å². The van der Waals surface area contributed by atoms with E-state index in [0.29, 0.717) is 5.69 Å². The number of hydrogen-bond acceptors (Lipinski definition) is 3. The number of hydrogen-bond donors (Lipinski definition) is 0. The average Bonchev–Trinajstić information content (AvgIpc) is 2.81. The van der Waals surface area contributed by atoms with Crippen LogP contribution < -0.4 is 0 Å². The quantitative estimate of drug-likeness (QED) is 0.719. The van der Waals surface area contributed by atoms with Crippen molar-refractivity contribution in [1.82, 2.24) is 4.98 Å². The SMILES string of the molecule is O=C(c1scnc1C1CC1)C(F)(F)F. The van der Waals surface area contributed by atoms with E-state index in [1.807, 2.05) is 0 Å². The molecule has 6 heteroatoms. The van der Waals surface area contributed by atoms with Crippen molar-refractivity contribution in [2.24, 2.45) is 0 Å². The Balaban J connectivity index is 2.31. The molecule has 0 spiro atoms. The van der Waals surface area contributed by atoms with Gasteiger partial charge in [-0.25, -0.2) is 4.98 Å². The first-order valence-corrected chi connectivity index (χ1v) is 4.93. The number of nitrogens with zero attached hydrogens (tertiary/aromatic N) is 1. The summed E-state index contributed by atoms with van der Waals surface area (Å²) in [5, 5.41) is 0. The molecule has 0 aromatic carbocycles. The van der Waals surface area contributed by atoms with Gasteiger partial charge in [0.2, 0.25) is 0 Å². The molecule has 14 heavy (non-hydrogen) atoms. The van der Waals surface area contributed by atoms with Crippen LogP contribution >= 0.6 is 11.3 Å². The van der Waals surface area contributed by atoms with Crippen LogP contribution in [0.25, 0.3) is 0 Å². The summed E-state index contributed by atoms with van der Waals surface area (Å²) in [6.07, 6.45) is -3.11. The zero-order valence-corrected chi connectivity index (χ0v) is 7.78. The largest absolute Gasteiger partial charge is 0.455 e. The lowest BCUT2D eigenvalue weighted by atomic mass is 10.2. The molecule has 1 heterocycles. The minimum atomic E-state index is -4.78. The van der Waals surface area contributed by atoms with E-state index in [4.69, 9.17) is 0 Å². The zero-order chi connectivity index (χ0) is 10.3. The van der Waals surface area contributed by atoms with Gasteiger partial charge in [-0.2, -0.15) is 13.2 Å². The summed E-state index contributed by atoms with van der Waals surface area (Å²) < 4.78 is 36.3. The van der Waals surface area contributed by atoms with Gasteiger partial charge >= 0.3 is 6.18 Å². The van der Waals surface area contributed by atoms with Crippen LogP contribution in [0, 0.1) is 0 Å². The van der Waals surface area contributed by atoms with Crippen molar-refractivity contribution in [2.45, 2.75) is 24.9 Å². The third kappa shape index (κ3) is 1.66. The molecule has 0 atom stereocenters. The van der Waals surface area contributed by atoms with Gasteiger partial charge in [-0.15, -0.1) is 11.3 Å². The van der Waals surface area contributed by atoms with E-state index < -0.39 is 12.0 Å². The first-order chi connectivity index (χ1) is 6.50. The summed E-state index contributed by atoms with van der Waals surface area (Å²) in [7, 11) is 0. The molecule has 0 aliphatic heterocycles. The van der Waals surface area contributed by atoms with Gasteiger partial charge in [0.25, 0.3) is 5.78 Å². The Morgan fingerprint density at radius 1 is 1.50 bits per heavy atom. The van der Waals surface area contributed by atoms with Crippen molar-refractivity contribution in [2.75, 3.05) is 0 Å². The van der Waals surface area contributed by atoms with Crippen LogP contribution in [0.15, 0.2) is 5.51 Å². The molecule has 0 bridgehead atoms. The van der Waals surface area contributed by atoms with Gasteiger partial charge in [0.05, 0.1) is 11.2 Å². The van der Waals surface area contributed by atoms with Gasteiger partial charge in [-0.05, 0) is 12.8 Å². The van der Waals surface area contributed by atoms with E-state index in [1.165, 1.54) is 5.51 Å². The number of carbonyl (C=O) groups is 1. The lowest BCUT2D eigenvalue weighted by molar-refractivity contribution is -0.0883. The monoisotopic (exact) mass is 221 g/mol. The molecular formula is C8H6F3NOS. The minimum Gasteiger partial charge on any atom is -0.283 e. The normalized spacial score (nSPS) is 17.1. The number of aromatic nitrogens is 1. The summed E-state index contributed by atoms with van der Waals surface area (Å²) in [5.41, 5.74) is 1.63. The molecular weight excluding hydrogens is 215 g/mol. The van der Waals surface area contributed by atoms with Crippen LogP contribution in [-0.4, -0.2) is 16.9 Å². The molecule has 0 unspecified atom stereocenters. The van der Waals surface area contributed by atoms with E-state index in [-0.39, 0.29) is 10.8 Å². The highest BCUT2D eigenvalue weighted by atomic mass is 32.1. The Kier molecular flexibility index (Phi) is 2.10. The standard InChI is InChI=1S/C8H6F3NOS/c9-8(10,11)7(13)6-5(4-1-2-4)12-3-14-6/h3-4H,1-2H2. The predicted octanol–water partition coefficient (Wildman–Crippen LogP) is 2.77. The molecule has 2 nitrogen and oxygen atoms in total. The molecule has 1 saturated carbocycles. The second kappa shape index (κ2) is 3.05. The van der Waals surface area contributed by atoms with Crippen molar-refractivity contribution in [3.63, 3.8) is 0 Å². The molecule has 76 valence electrons. The van der Waals surface area contributed by atoms with E-state index in [2.05, 4.69) is 4.98 Å². The Hall–Kier alpha value is -0.910. The number of Topliss-reactive ketones (excluding diaryl/α,β-unsaturated/α-hetero) is 1. The molecule has 2 rings (SSSR count). The van der Waals surface area contributed by atoms with Gasteiger partial charge in [-0.3, -0.25) is 4.79 Å². The molecule has 1 fully saturated rings. The third-order valence-corrected chi connectivity index (χ3v) is 2.86. The Labute approximate surface area is 81.8 Å². The van der Waals surface area contributed by atoms with Crippen molar-refractivity contribution in [1.29, 1.82) is 0 Å². The van der Waals surface area contributed by atoms with Crippen LogP contribution in [0.1, 0.15) is 34.1 Å². The third-order valence-electron chi connectivity index (χ3n) is 2.02. The molecule has 0 N–H and O–H groups in total. The van der Waals surface area contributed by atoms with Crippen LogP contribution in [0.3, 0.4) is 0 Å². The fraction of sp³-hybridized carbons (Fsp3) is 0.500. The fourth-order valence-electron chi connectivity index (χ4n) is 1.20. The van der Waals surface area contributed by atoms with E-state index in [0.717, 1.165) is 24.2 Å². The van der Waals surface area contributed by atoms with Crippen LogP contribution in [0.4, 0.5) is 13.2 Å². The van der Waals surface area contributed by atoms with Crippen molar-refractivity contribution < 1.29 is 18.0 Å². The summed E-state index contributed by atoms with van der Waals surface area (Å²) >= 11 is 0.772. The van der Waals surface area contributed by atoms with Gasteiger partial charge in [0.1, 0.15) is 4.88 Å². The number of carbonyl (C=O) groups excluding carboxylic acids is 1. The smallest absolute Gasteiger partial charge is 0.283 e. The highest BCUT2D eigenvalue weighted by molar-refractivity contribution is 7.12. The van der Waals surface area contributed by atoms with E-state index in [9.17, 15) is 18.0 Å². The second-order valence-corrected chi connectivity index (χ2v) is 4.02. The highest BCUT2D eigenvalue weighted by Crippen LogP contribution is 2.42. The van der Waals surface area contributed by atoms with Crippen LogP contribution in [0.2, 0.25) is 0 Å². The number of thiazole rings is 1. The Morgan fingerprint density at radius 3 is 2.64 bits per heavy atom. The van der Waals surface area contributed by atoms with E-state index in [1.54, 1.807) is 0 Å². The molecule has 0 amide bonds. The lowest BCUT2D eigenvalue weighted by Crippen LogP contribution is -2.22. The van der Waals surface area contributed by atoms with Crippen molar-refractivity contribution in [3.8, 4) is 0 Å². The second-order valence-electron chi connectivity index (χ2n) is 3.17. The van der Waals surface area contributed by atoms with Crippen LogP contribution in [0.5, 0.6) is 0 Å². The number of alkyl halides is 3. The summed E-state index contributed by atoms with van der Waals surface area (Å²) in [5.74, 6) is -1.69. The van der Waals surface area contributed by atoms with Crippen molar-refractivity contribution in [3.05, 3.63) is 16.1 Å². The molecule has 1 aromatic rings. The summed E-state index contributed by atoms with van der Waals surface area (Å²) in [6.45, 7) is 0. The molecule has 1 aliphatic carbocycles. The maximum absolute atomic E-state index is 12.1. The van der Waals surface area contributed by atoms with Gasteiger partial charge in [-0.1, -0.05) is 0 Å². The number of rotatable bonds is 2. The average molecular weight is 221 g/mol. The first kappa shape index (κ1) is 9.64. The number of halogens is 3. The van der Waals surface area contributed by atoms with Gasteiger partial charge < -0.3 is 0 Å². The predicted molar refractivity (Wildman–Crippen MR) is 44.5 cm³/mol. The first-order valence-electron chi connectivity index (χ1n) is 4.05. The van der Waals surface area contributed by atoms with E-state index >= 15 is 0 Å². The van der Waals surface area contributed by atoms with Crippen molar-refractivity contribution >= 4 is 17.1 Å². The Morgan fingerprint density at radius 2 is 2.14 bits per heavy atom. The maximum atomic E-state index is 12.1. The molecule has 1 aromatic heterocycles. The fourth-order valence-corrected chi connectivity index (χ4v) is 2.04. The molecule has 0 radical (unpaired) electrons. The molecule has 1 aliphatic rings. The topological polar surface area (TPSA) is 30.0 Å². The summed E-state index contributed by atoms with van der Waals surface area (Å²) in [6, 6.07) is 0. The van der Waals surface area contributed by atoms with Crippen LogP contribution in [-0.2, 0) is 0 Å². The van der Waals surface area contributed by atoms with Gasteiger partial charge in [0, 0.05) is 5.92 Å². The molecule has 0 saturated heterocycles. The summed E-state index contributed by atoms with van der Waals surface area (Å²) in [4.78, 5) is 14.5. The maximum Gasteiger partial charge on any atom is 0.455 e. The number of ketones is 1.